The van der Waals surface area contributed by atoms with E-state index in [-0.39, 0.29) is 36.0 Å². The monoisotopic (exact) mass is 1270 g/mol. The highest BCUT2D eigenvalue weighted by molar-refractivity contribution is 6.62. The molecular formula is C60H57B2Cl7N6O9. The van der Waals surface area contributed by atoms with Crippen molar-refractivity contribution in [3.05, 3.63) is 208 Å². The molecule has 0 bridgehead atoms. The molecule has 0 saturated heterocycles. The number of fused-ring (bicyclic) bond motifs is 4. The van der Waals surface area contributed by atoms with Crippen molar-refractivity contribution in [1.29, 1.82) is 0 Å². The van der Waals surface area contributed by atoms with E-state index in [0.717, 1.165) is 66.9 Å². The van der Waals surface area contributed by atoms with Crippen LogP contribution in [0.1, 0.15) is 146 Å². The fourth-order valence-electron chi connectivity index (χ4n) is 10.9. The lowest BCUT2D eigenvalue weighted by Gasteiger charge is -2.23. The fraction of sp³-hybridized carbons (Fsp3) is 0.267. The van der Waals surface area contributed by atoms with Crippen LogP contribution in [0.5, 0.6) is 0 Å². The number of oxime groups is 2. The summed E-state index contributed by atoms with van der Waals surface area (Å²) >= 11 is 37.0. The smallest absolute Gasteiger partial charge is 0.478 e. The van der Waals surface area contributed by atoms with Crippen molar-refractivity contribution in [1.82, 2.24) is 14.1 Å². The number of carboxylic acid groups (broad SMARTS) is 1. The molecule has 0 fully saturated rings. The Hall–Kier alpha value is -5.76. The minimum absolute atomic E-state index is 0. The van der Waals surface area contributed by atoms with Gasteiger partial charge < -0.3 is 54.0 Å². The number of hydrogen-bond acceptors (Lipinski definition) is 11. The van der Waals surface area contributed by atoms with Crippen LogP contribution in [0.4, 0.5) is 0 Å². The van der Waals surface area contributed by atoms with Crippen molar-refractivity contribution >= 4 is 142 Å². The van der Waals surface area contributed by atoms with Gasteiger partial charge in [0.2, 0.25) is 0 Å². The Labute approximate surface area is 522 Å². The average molecular weight is 1280 g/mol. The van der Waals surface area contributed by atoms with Gasteiger partial charge >= 0.3 is 20.2 Å². The minimum Gasteiger partial charge on any atom is -0.478 e. The number of carbonyl (C=O) groups excluding carboxylic acids is 1. The van der Waals surface area contributed by atoms with Crippen LogP contribution in [0.2, 0.25) is 30.1 Å². The zero-order chi connectivity index (χ0) is 59.8. The first-order valence-electron chi connectivity index (χ1n) is 26.4. The average Bonchev–Trinajstić information content (AvgIpc) is 2.54. The number of nitrogens with zero attached hydrogens (tertiary/aromatic N) is 4. The van der Waals surface area contributed by atoms with E-state index < -0.39 is 42.6 Å². The first kappa shape index (κ1) is 62.8. The van der Waals surface area contributed by atoms with E-state index in [9.17, 15) is 24.7 Å². The second kappa shape index (κ2) is 23.8. The molecule has 8 heterocycles. The highest BCUT2D eigenvalue weighted by Gasteiger charge is 2.43. The van der Waals surface area contributed by atoms with E-state index in [1.807, 2.05) is 121 Å². The fourth-order valence-corrected chi connectivity index (χ4v) is 12.1. The Kier molecular flexibility index (Phi) is 17.8. The number of nitrogens with two attached hydrogens (primary N) is 1. The number of nitrogens with one attached hydrogen (secondary N) is 1. The third kappa shape index (κ3) is 11.9. The predicted molar refractivity (Wildman–Crippen MR) is 336 cm³/mol. The largest absolute Gasteiger partial charge is 0.492 e. The van der Waals surface area contributed by atoms with Crippen LogP contribution in [0.15, 0.2) is 132 Å². The Bertz CT molecular complexity index is 3960. The molecule has 84 heavy (non-hydrogen) atoms. The summed E-state index contributed by atoms with van der Waals surface area (Å²) in [6.07, 6.45) is 4.61. The molecular weight excluding hydrogens is 1220 g/mol. The van der Waals surface area contributed by atoms with E-state index >= 15 is 0 Å². The second-order valence-corrected chi connectivity index (χ2v) is 24.7. The molecule has 0 radical (unpaired) electrons. The van der Waals surface area contributed by atoms with Gasteiger partial charge in [0, 0.05) is 42.4 Å². The number of carbonyl (C=O) groups is 2. The van der Waals surface area contributed by atoms with Gasteiger partial charge in [-0.25, -0.2) is 4.79 Å². The molecule has 4 aromatic heterocycles. The van der Waals surface area contributed by atoms with Gasteiger partial charge in [0.05, 0.1) is 80.9 Å². The van der Waals surface area contributed by atoms with E-state index in [2.05, 4.69) is 15.6 Å². The Morgan fingerprint density at radius 1 is 0.607 bits per heavy atom. The number of hydrogen-bond donors (Lipinski definition) is 5. The van der Waals surface area contributed by atoms with Crippen molar-refractivity contribution in [2.45, 2.75) is 103 Å². The van der Waals surface area contributed by atoms with Crippen LogP contribution in [-0.2, 0) is 41.4 Å². The van der Waals surface area contributed by atoms with E-state index in [1.165, 1.54) is 0 Å². The number of pyridine rings is 2. The van der Waals surface area contributed by atoms with E-state index in [1.54, 1.807) is 65.2 Å². The van der Waals surface area contributed by atoms with Crippen molar-refractivity contribution in [2.24, 2.45) is 16.0 Å². The summed E-state index contributed by atoms with van der Waals surface area (Å²) in [5, 5.41) is 43.2. The van der Waals surface area contributed by atoms with Crippen molar-refractivity contribution in [2.75, 3.05) is 0 Å². The van der Waals surface area contributed by atoms with Gasteiger partial charge in [-0.2, -0.15) is 0 Å². The van der Waals surface area contributed by atoms with Crippen LogP contribution in [0.25, 0.3) is 11.0 Å². The molecule has 4 aliphatic heterocycles. The third-order valence-corrected chi connectivity index (χ3v) is 17.9. The highest BCUT2D eigenvalue weighted by Crippen LogP contribution is 2.43. The summed E-state index contributed by atoms with van der Waals surface area (Å²) in [6.45, 7) is 15.4. The molecule has 1 amide bonds. The lowest BCUT2D eigenvalue weighted by molar-refractivity contribution is -0.00755. The number of amides is 1. The van der Waals surface area contributed by atoms with Gasteiger partial charge in [0.25, 0.3) is 5.91 Å². The van der Waals surface area contributed by atoms with E-state index in [4.69, 9.17) is 94.3 Å². The molecule has 24 heteroatoms. The van der Waals surface area contributed by atoms with E-state index in [0.29, 0.717) is 59.8 Å². The number of halogens is 7. The number of aromatic nitrogens is 2. The molecule has 0 spiro atoms. The van der Waals surface area contributed by atoms with Gasteiger partial charge in [-0.1, -0.05) is 116 Å². The second-order valence-electron chi connectivity index (χ2n) is 22.3. The van der Waals surface area contributed by atoms with Crippen LogP contribution in [-0.4, -0.2) is 61.5 Å². The number of rotatable bonds is 9. The maximum Gasteiger partial charge on any atom is 0.492 e. The van der Waals surface area contributed by atoms with Gasteiger partial charge in [-0.3, -0.25) is 4.79 Å². The summed E-state index contributed by atoms with van der Waals surface area (Å²) < 4.78 is 14.9. The molecule has 6 N–H and O–H groups in total. The first-order chi connectivity index (χ1) is 39.1. The zero-order valence-corrected chi connectivity index (χ0v) is 52.0. The predicted octanol–water partition coefficient (Wildman–Crippen LogP) is 13.1. The minimum atomic E-state index is -0.992. The van der Waals surface area contributed by atoms with Crippen molar-refractivity contribution in [3.63, 3.8) is 0 Å². The molecule has 436 valence electrons. The van der Waals surface area contributed by atoms with Crippen LogP contribution < -0.4 is 22.0 Å². The summed E-state index contributed by atoms with van der Waals surface area (Å²) in [5.74, 6) is -1.20. The maximum atomic E-state index is 13.5. The summed E-state index contributed by atoms with van der Waals surface area (Å²) in [6, 6.07) is 32.6. The Morgan fingerprint density at radius 3 is 1.44 bits per heavy atom. The van der Waals surface area contributed by atoms with Crippen LogP contribution in [0.3, 0.4) is 0 Å². The zero-order valence-electron chi connectivity index (χ0n) is 46.6. The SMILES string of the molecule is CC(N)c1ccc2c(c1)B(O)OC2(C)C.CC(NC(=O)c1ccc(C2=NOC(C)(c3cc(Cl)c(Cl)c(Cl)c3)C2)n2cccc12)c1ccc2c(c1)B(O)OC2(C)C.CC1(c2cc(Cl)c(Cl)c(Cl)c2)CC(c2ccc(C(=O)O)c3cccn23)=NO1.Cl. The third-order valence-electron chi connectivity index (χ3n) is 15.5. The number of carboxylic acids is 1. The van der Waals surface area contributed by atoms with Gasteiger partial charge in [0.15, 0.2) is 11.2 Å². The summed E-state index contributed by atoms with van der Waals surface area (Å²) in [5.41, 5.74) is 15.3. The first-order valence-corrected chi connectivity index (χ1v) is 28.7. The normalized spacial score (nSPS) is 19.6. The molecule has 12 rings (SSSR count). The Morgan fingerprint density at radius 2 is 1.01 bits per heavy atom. The van der Waals surface area contributed by atoms with Crippen molar-refractivity contribution < 1.29 is 43.7 Å². The lowest BCUT2D eigenvalue weighted by atomic mass is 9.77. The quantitative estimate of drug-likeness (QED) is 0.0683. The van der Waals surface area contributed by atoms with Crippen molar-refractivity contribution in [3.8, 4) is 0 Å². The molecule has 4 unspecified atom stereocenters. The molecule has 0 aliphatic carbocycles. The topological polar surface area (TPSA) is 203 Å². The van der Waals surface area contributed by atoms with Crippen LogP contribution >= 0.6 is 82.0 Å². The van der Waals surface area contributed by atoms with Crippen LogP contribution in [0, 0.1) is 0 Å². The molecule has 4 aromatic carbocycles. The standard InChI is InChI=1S/C30H27BCl3N3O4.C19H13Cl3N2O3.C11H16BNO2.ClH/c1-16(17-7-9-20-21(12-17)31(39)40-29(20,2)3)35-28(38)19-8-10-26(37-11-5-6-25(19)37)24-15-30(4,41-36-24)18-13-22(32)27(34)23(33)14-18;1-19(10-7-12(20)17(22)13(21)8-10)9-14(23-27-19)16-5-4-11(18(25)26)15-3-2-6-24(15)16;1-7(13)8-4-5-9-10(6-8)12(14)15-11(9,2)3;/h5-14,16,39H,15H2,1-4H3,(H,35,38);2-8H,9H2,1H3,(H,25,26);4-7,14H,13H2,1-3H3;1H. The molecule has 15 nitrogen and oxygen atoms in total. The highest BCUT2D eigenvalue weighted by atomic mass is 35.5. The molecule has 8 aromatic rings. The lowest BCUT2D eigenvalue weighted by Crippen LogP contribution is -2.31. The summed E-state index contributed by atoms with van der Waals surface area (Å²) in [7, 11) is -1.82. The molecule has 4 aliphatic rings. The van der Waals surface area contributed by atoms with Gasteiger partial charge in [0.1, 0.15) is 11.4 Å². The summed E-state index contributed by atoms with van der Waals surface area (Å²) in [4.78, 5) is 36.5. The number of benzene rings is 4. The Balaban J connectivity index is 0.000000168. The maximum absolute atomic E-state index is 13.5. The number of aromatic carboxylic acids is 1. The van der Waals surface area contributed by atoms with Gasteiger partial charge in [-0.05, 0) is 161 Å². The molecule has 0 saturated carbocycles. The molecule has 4 atom stereocenters. The van der Waals surface area contributed by atoms with Gasteiger partial charge in [-0.15, -0.1) is 12.4 Å².